The van der Waals surface area contributed by atoms with Gasteiger partial charge in [0.05, 0.1) is 5.51 Å². The van der Waals surface area contributed by atoms with Crippen molar-refractivity contribution in [3.05, 3.63) is 16.6 Å². The molecule has 0 saturated heterocycles. The Labute approximate surface area is 84.4 Å². The fourth-order valence-corrected chi connectivity index (χ4v) is 2.09. The molecule has 13 heavy (non-hydrogen) atoms. The molecule has 0 bridgehead atoms. The van der Waals surface area contributed by atoms with Crippen LogP contribution in [0.5, 0.6) is 0 Å². The second-order valence-electron chi connectivity index (χ2n) is 3.65. The van der Waals surface area contributed by atoms with Gasteiger partial charge in [0, 0.05) is 17.1 Å². The fourth-order valence-electron chi connectivity index (χ4n) is 1.47. The Kier molecular flexibility index (Phi) is 4.39. The average molecular weight is 198 g/mol. The largest absolute Gasteiger partial charge is 0.317 e. The molecule has 1 aromatic rings. The molecule has 0 aliphatic rings. The van der Waals surface area contributed by atoms with Crippen molar-refractivity contribution in [2.24, 2.45) is 5.92 Å². The highest BCUT2D eigenvalue weighted by Crippen LogP contribution is 2.13. The molecule has 3 heteroatoms. The van der Waals surface area contributed by atoms with Gasteiger partial charge < -0.3 is 5.32 Å². The van der Waals surface area contributed by atoms with Gasteiger partial charge in [-0.3, -0.25) is 4.98 Å². The van der Waals surface area contributed by atoms with Crippen LogP contribution in [-0.4, -0.2) is 18.1 Å². The monoisotopic (exact) mass is 198 g/mol. The molecule has 0 radical (unpaired) electrons. The van der Waals surface area contributed by atoms with Gasteiger partial charge in [-0.25, -0.2) is 0 Å². The van der Waals surface area contributed by atoms with Crippen LogP contribution in [0.4, 0.5) is 0 Å². The maximum atomic E-state index is 4.07. The molecule has 74 valence electrons. The van der Waals surface area contributed by atoms with Gasteiger partial charge in [-0.1, -0.05) is 13.8 Å². The first kappa shape index (κ1) is 10.7. The molecule has 0 aliphatic carbocycles. The molecule has 0 amide bonds. The van der Waals surface area contributed by atoms with Crippen LogP contribution in [0.25, 0.3) is 0 Å². The van der Waals surface area contributed by atoms with Crippen molar-refractivity contribution in [3.63, 3.8) is 0 Å². The number of aryl methyl sites for hydroxylation is 1. The molecule has 1 N–H and O–H groups in total. The Morgan fingerprint density at radius 3 is 2.77 bits per heavy atom. The molecule has 0 saturated carbocycles. The Balaban J connectivity index is 2.32. The van der Waals surface area contributed by atoms with Gasteiger partial charge in [0.1, 0.15) is 0 Å². The van der Waals surface area contributed by atoms with Crippen LogP contribution in [0, 0.1) is 5.92 Å². The van der Waals surface area contributed by atoms with Gasteiger partial charge in [0.25, 0.3) is 0 Å². The van der Waals surface area contributed by atoms with Gasteiger partial charge in [-0.2, -0.15) is 0 Å². The van der Waals surface area contributed by atoms with Crippen LogP contribution >= 0.6 is 11.3 Å². The van der Waals surface area contributed by atoms with E-state index in [1.165, 1.54) is 11.3 Å². The number of aromatic nitrogens is 1. The van der Waals surface area contributed by atoms with Crippen molar-refractivity contribution < 1.29 is 0 Å². The van der Waals surface area contributed by atoms with Gasteiger partial charge in [0.2, 0.25) is 0 Å². The van der Waals surface area contributed by atoms with Gasteiger partial charge in [-0.05, 0) is 25.8 Å². The van der Waals surface area contributed by atoms with E-state index in [1.54, 1.807) is 11.3 Å². The molecule has 0 fully saturated rings. The number of rotatable bonds is 5. The van der Waals surface area contributed by atoms with Crippen molar-refractivity contribution in [2.75, 3.05) is 7.05 Å². The first-order chi connectivity index (χ1) is 6.24. The summed E-state index contributed by atoms with van der Waals surface area (Å²) >= 11 is 1.75. The molecule has 0 aliphatic heterocycles. The lowest BCUT2D eigenvalue weighted by atomic mass is 9.99. The molecule has 1 unspecified atom stereocenters. The van der Waals surface area contributed by atoms with Crippen LogP contribution < -0.4 is 5.32 Å². The Bertz CT molecular complexity index is 219. The molecule has 2 nitrogen and oxygen atoms in total. The minimum absolute atomic E-state index is 0.627. The van der Waals surface area contributed by atoms with Gasteiger partial charge >= 0.3 is 0 Å². The second kappa shape index (κ2) is 5.35. The van der Waals surface area contributed by atoms with E-state index in [2.05, 4.69) is 24.1 Å². The molecular weight excluding hydrogens is 180 g/mol. The standard InChI is InChI=1S/C10H18N2S/c1-8(2)10(11-3)5-4-9-6-12-7-13-9/h6-8,10-11H,4-5H2,1-3H3. The van der Waals surface area contributed by atoms with E-state index in [4.69, 9.17) is 0 Å². The summed E-state index contributed by atoms with van der Waals surface area (Å²) in [7, 11) is 2.04. The Hall–Kier alpha value is -0.410. The van der Waals surface area contributed by atoms with Gasteiger partial charge in [0.15, 0.2) is 0 Å². The summed E-state index contributed by atoms with van der Waals surface area (Å²) in [4.78, 5) is 5.46. The molecular formula is C10H18N2S. The molecule has 0 aromatic carbocycles. The number of hydrogen-bond acceptors (Lipinski definition) is 3. The highest BCUT2D eigenvalue weighted by atomic mass is 32.1. The third-order valence-corrected chi connectivity index (χ3v) is 3.20. The van der Waals surface area contributed by atoms with Crippen molar-refractivity contribution in [2.45, 2.75) is 32.7 Å². The van der Waals surface area contributed by atoms with E-state index in [9.17, 15) is 0 Å². The van der Waals surface area contributed by atoms with Crippen molar-refractivity contribution in [1.82, 2.24) is 10.3 Å². The van der Waals surface area contributed by atoms with E-state index in [0.29, 0.717) is 12.0 Å². The normalized spacial score (nSPS) is 13.5. The van der Waals surface area contributed by atoms with E-state index in [0.717, 1.165) is 6.42 Å². The zero-order valence-electron chi connectivity index (χ0n) is 8.58. The van der Waals surface area contributed by atoms with Crippen LogP contribution in [0.3, 0.4) is 0 Å². The highest BCUT2D eigenvalue weighted by molar-refractivity contribution is 7.09. The second-order valence-corrected chi connectivity index (χ2v) is 4.62. The van der Waals surface area contributed by atoms with Crippen LogP contribution in [0.1, 0.15) is 25.1 Å². The number of thiazole rings is 1. The van der Waals surface area contributed by atoms with Crippen molar-refractivity contribution >= 4 is 11.3 Å². The molecule has 1 heterocycles. The van der Waals surface area contributed by atoms with Crippen LogP contribution in [0.2, 0.25) is 0 Å². The summed E-state index contributed by atoms with van der Waals surface area (Å²) in [5.74, 6) is 0.706. The van der Waals surface area contributed by atoms with Gasteiger partial charge in [-0.15, -0.1) is 11.3 Å². The zero-order chi connectivity index (χ0) is 9.68. The zero-order valence-corrected chi connectivity index (χ0v) is 9.40. The van der Waals surface area contributed by atoms with E-state index in [1.807, 2.05) is 18.8 Å². The quantitative estimate of drug-likeness (QED) is 0.785. The predicted molar refractivity (Wildman–Crippen MR) is 58.1 cm³/mol. The summed E-state index contributed by atoms with van der Waals surface area (Å²) in [5, 5.41) is 3.35. The smallest absolute Gasteiger partial charge is 0.0794 e. The molecule has 1 rings (SSSR count). The van der Waals surface area contributed by atoms with E-state index in [-0.39, 0.29) is 0 Å². The summed E-state index contributed by atoms with van der Waals surface area (Å²) in [6, 6.07) is 0.627. The lowest BCUT2D eigenvalue weighted by Gasteiger charge is -2.19. The summed E-state index contributed by atoms with van der Waals surface area (Å²) in [6.45, 7) is 4.52. The molecule has 1 atom stereocenters. The topological polar surface area (TPSA) is 24.9 Å². The lowest BCUT2D eigenvalue weighted by Crippen LogP contribution is -2.30. The SMILES string of the molecule is CNC(CCc1cncs1)C(C)C. The number of nitrogens with zero attached hydrogens (tertiary/aromatic N) is 1. The maximum absolute atomic E-state index is 4.07. The Morgan fingerprint density at radius 2 is 2.31 bits per heavy atom. The fraction of sp³-hybridized carbons (Fsp3) is 0.700. The third kappa shape index (κ3) is 3.44. The summed E-state index contributed by atoms with van der Waals surface area (Å²) in [6.07, 6.45) is 4.32. The van der Waals surface area contributed by atoms with Crippen LogP contribution in [0.15, 0.2) is 11.7 Å². The minimum Gasteiger partial charge on any atom is -0.317 e. The maximum Gasteiger partial charge on any atom is 0.0794 e. The number of nitrogens with one attached hydrogen (secondary N) is 1. The summed E-state index contributed by atoms with van der Waals surface area (Å²) in [5.41, 5.74) is 1.90. The Morgan fingerprint density at radius 1 is 1.54 bits per heavy atom. The number of hydrogen-bond donors (Lipinski definition) is 1. The molecule has 1 aromatic heterocycles. The highest BCUT2D eigenvalue weighted by Gasteiger charge is 2.10. The first-order valence-corrected chi connectivity index (χ1v) is 5.66. The lowest BCUT2D eigenvalue weighted by molar-refractivity contribution is 0.403. The van der Waals surface area contributed by atoms with Crippen molar-refractivity contribution in [3.8, 4) is 0 Å². The van der Waals surface area contributed by atoms with E-state index >= 15 is 0 Å². The average Bonchev–Trinajstić information content (AvgIpc) is 2.57. The van der Waals surface area contributed by atoms with Crippen LogP contribution in [-0.2, 0) is 6.42 Å². The first-order valence-electron chi connectivity index (χ1n) is 4.78. The summed E-state index contributed by atoms with van der Waals surface area (Å²) < 4.78 is 0. The third-order valence-electron chi connectivity index (χ3n) is 2.36. The van der Waals surface area contributed by atoms with E-state index < -0.39 is 0 Å². The van der Waals surface area contributed by atoms with Crippen molar-refractivity contribution in [1.29, 1.82) is 0 Å². The minimum atomic E-state index is 0.627. The molecule has 0 spiro atoms. The predicted octanol–water partition coefficient (Wildman–Crippen LogP) is 2.32.